The minimum atomic E-state index is 0.0496. The molecule has 0 atom stereocenters. The summed E-state index contributed by atoms with van der Waals surface area (Å²) >= 11 is 1.70. The van der Waals surface area contributed by atoms with E-state index in [1.54, 1.807) is 11.3 Å². The molecular weight excluding hydrogens is 318 g/mol. The summed E-state index contributed by atoms with van der Waals surface area (Å²) < 4.78 is 0. The third-order valence-corrected chi connectivity index (χ3v) is 5.57. The molecule has 1 aliphatic heterocycles. The zero-order valence-electron chi connectivity index (χ0n) is 14.4. The highest BCUT2D eigenvalue weighted by Gasteiger charge is 2.19. The number of thiophene rings is 1. The monoisotopic (exact) mass is 343 g/mol. The van der Waals surface area contributed by atoms with Crippen molar-refractivity contribution >= 4 is 23.1 Å². The second kappa shape index (κ2) is 7.71. The van der Waals surface area contributed by atoms with Crippen molar-refractivity contribution in [3.8, 4) is 0 Å². The fourth-order valence-electron chi connectivity index (χ4n) is 2.99. The van der Waals surface area contributed by atoms with Gasteiger partial charge in [0, 0.05) is 36.7 Å². The first kappa shape index (κ1) is 16.8. The second-order valence-corrected chi connectivity index (χ2v) is 7.35. The molecule has 1 aromatic carbocycles. The molecule has 128 valence electrons. The van der Waals surface area contributed by atoms with Gasteiger partial charge in [0.2, 0.25) is 0 Å². The number of aryl methyl sites for hydroxylation is 2. The molecule has 2 aromatic rings. The molecule has 1 saturated heterocycles. The topological polar surface area (TPSA) is 35.6 Å². The number of hydrogen-bond donors (Lipinski definition) is 1. The van der Waals surface area contributed by atoms with Crippen LogP contribution in [0, 0.1) is 13.8 Å². The lowest BCUT2D eigenvalue weighted by Gasteiger charge is -2.24. The summed E-state index contributed by atoms with van der Waals surface area (Å²) in [4.78, 5) is 18.0. The molecule has 1 fully saturated rings. The summed E-state index contributed by atoms with van der Waals surface area (Å²) in [5, 5.41) is 5.14. The first-order valence-corrected chi connectivity index (χ1v) is 9.39. The average Bonchev–Trinajstić information content (AvgIpc) is 2.84. The Balaban J connectivity index is 1.54. The zero-order chi connectivity index (χ0) is 16.9. The Kier molecular flexibility index (Phi) is 5.41. The van der Waals surface area contributed by atoms with Crippen molar-refractivity contribution in [2.24, 2.45) is 0 Å². The Morgan fingerprint density at radius 2 is 1.88 bits per heavy atom. The second-order valence-electron chi connectivity index (χ2n) is 6.35. The smallest absolute Gasteiger partial charge is 0.317 e. The maximum Gasteiger partial charge on any atom is 0.317 e. The van der Waals surface area contributed by atoms with Gasteiger partial charge in [0.15, 0.2) is 0 Å². The van der Waals surface area contributed by atoms with Gasteiger partial charge in [0.05, 0.1) is 6.54 Å². The highest BCUT2D eigenvalue weighted by atomic mass is 32.1. The minimum absolute atomic E-state index is 0.0496. The van der Waals surface area contributed by atoms with E-state index in [4.69, 9.17) is 0 Å². The standard InChI is InChI=1S/C19H25N3OS/c1-15-4-6-17(7-5-15)21-9-3-10-22(12-11-21)19(23)20-14-18-16(2)8-13-24-18/h4-8,13H,3,9-12,14H2,1-2H3,(H,20,23). The molecule has 1 aromatic heterocycles. The van der Waals surface area contributed by atoms with E-state index < -0.39 is 0 Å². The van der Waals surface area contributed by atoms with Crippen molar-refractivity contribution in [1.82, 2.24) is 10.2 Å². The highest BCUT2D eigenvalue weighted by Crippen LogP contribution is 2.18. The van der Waals surface area contributed by atoms with Crippen LogP contribution in [0.2, 0.25) is 0 Å². The predicted molar refractivity (Wildman–Crippen MR) is 101 cm³/mol. The van der Waals surface area contributed by atoms with Crippen LogP contribution in [0.3, 0.4) is 0 Å². The molecule has 2 amide bonds. The number of carbonyl (C=O) groups excluding carboxylic acids is 1. The van der Waals surface area contributed by atoms with Gasteiger partial charge in [0.1, 0.15) is 0 Å². The summed E-state index contributed by atoms with van der Waals surface area (Å²) in [6.45, 7) is 8.28. The van der Waals surface area contributed by atoms with E-state index in [1.807, 2.05) is 4.90 Å². The molecular formula is C19H25N3OS. The Hall–Kier alpha value is -2.01. The van der Waals surface area contributed by atoms with E-state index in [9.17, 15) is 4.79 Å². The van der Waals surface area contributed by atoms with E-state index in [0.29, 0.717) is 6.54 Å². The molecule has 0 spiro atoms. The molecule has 0 unspecified atom stereocenters. The summed E-state index contributed by atoms with van der Waals surface area (Å²) in [5.41, 5.74) is 3.78. The molecule has 3 rings (SSSR count). The van der Waals surface area contributed by atoms with Gasteiger partial charge in [-0.05, 0) is 49.4 Å². The van der Waals surface area contributed by atoms with Crippen LogP contribution in [0.1, 0.15) is 22.4 Å². The van der Waals surface area contributed by atoms with Crippen LogP contribution >= 0.6 is 11.3 Å². The quantitative estimate of drug-likeness (QED) is 0.920. The van der Waals surface area contributed by atoms with Gasteiger partial charge in [-0.1, -0.05) is 17.7 Å². The van der Waals surface area contributed by atoms with E-state index in [2.05, 4.69) is 59.8 Å². The van der Waals surface area contributed by atoms with E-state index >= 15 is 0 Å². The normalized spacial score (nSPS) is 15.2. The highest BCUT2D eigenvalue weighted by molar-refractivity contribution is 7.10. The van der Waals surface area contributed by atoms with Crippen molar-refractivity contribution < 1.29 is 4.79 Å². The van der Waals surface area contributed by atoms with Gasteiger partial charge < -0.3 is 15.1 Å². The van der Waals surface area contributed by atoms with Gasteiger partial charge in [-0.2, -0.15) is 0 Å². The first-order valence-electron chi connectivity index (χ1n) is 8.51. The van der Waals surface area contributed by atoms with Crippen LogP contribution in [0.5, 0.6) is 0 Å². The van der Waals surface area contributed by atoms with E-state index in [-0.39, 0.29) is 6.03 Å². The number of urea groups is 1. The van der Waals surface area contributed by atoms with Crippen LogP contribution in [-0.4, -0.2) is 37.1 Å². The lowest BCUT2D eigenvalue weighted by atomic mass is 10.2. The van der Waals surface area contributed by atoms with Gasteiger partial charge in [-0.3, -0.25) is 0 Å². The average molecular weight is 343 g/mol. The summed E-state index contributed by atoms with van der Waals surface area (Å²) in [6, 6.07) is 10.8. The fourth-order valence-corrected chi connectivity index (χ4v) is 3.83. The maximum absolute atomic E-state index is 12.4. The summed E-state index contributed by atoms with van der Waals surface area (Å²) in [7, 11) is 0. The van der Waals surface area contributed by atoms with Crippen molar-refractivity contribution in [1.29, 1.82) is 0 Å². The van der Waals surface area contributed by atoms with E-state index in [1.165, 1.54) is 21.7 Å². The number of rotatable bonds is 3. The predicted octanol–water partition coefficient (Wildman–Crippen LogP) is 3.79. The van der Waals surface area contributed by atoms with Gasteiger partial charge in [-0.15, -0.1) is 11.3 Å². The number of anilines is 1. The number of benzene rings is 1. The van der Waals surface area contributed by atoms with Crippen molar-refractivity contribution in [3.05, 3.63) is 51.7 Å². The molecule has 0 radical (unpaired) electrons. The van der Waals surface area contributed by atoms with Crippen molar-refractivity contribution in [2.45, 2.75) is 26.8 Å². The Morgan fingerprint density at radius 1 is 1.08 bits per heavy atom. The molecule has 0 aliphatic carbocycles. The molecule has 1 aliphatic rings. The Morgan fingerprint density at radius 3 is 2.58 bits per heavy atom. The Bertz CT molecular complexity index is 680. The number of carbonyl (C=O) groups is 1. The number of nitrogens with one attached hydrogen (secondary N) is 1. The van der Waals surface area contributed by atoms with Crippen LogP contribution < -0.4 is 10.2 Å². The Labute approximate surface area is 148 Å². The lowest BCUT2D eigenvalue weighted by molar-refractivity contribution is 0.201. The molecule has 1 N–H and O–H groups in total. The molecule has 24 heavy (non-hydrogen) atoms. The molecule has 5 heteroatoms. The zero-order valence-corrected chi connectivity index (χ0v) is 15.2. The fraction of sp³-hybridized carbons (Fsp3) is 0.421. The molecule has 2 heterocycles. The van der Waals surface area contributed by atoms with Gasteiger partial charge >= 0.3 is 6.03 Å². The van der Waals surface area contributed by atoms with Gasteiger partial charge in [0.25, 0.3) is 0 Å². The number of amides is 2. The third-order valence-electron chi connectivity index (χ3n) is 4.55. The molecule has 0 saturated carbocycles. The maximum atomic E-state index is 12.4. The molecule has 4 nitrogen and oxygen atoms in total. The number of nitrogens with zero attached hydrogens (tertiary/aromatic N) is 2. The van der Waals surface area contributed by atoms with Crippen LogP contribution in [0.15, 0.2) is 35.7 Å². The SMILES string of the molecule is Cc1ccc(N2CCCN(C(=O)NCc3sccc3C)CC2)cc1. The van der Waals surface area contributed by atoms with E-state index in [0.717, 1.165) is 32.6 Å². The molecule has 0 bridgehead atoms. The van der Waals surface area contributed by atoms with Crippen LogP contribution in [0.25, 0.3) is 0 Å². The number of hydrogen-bond acceptors (Lipinski definition) is 3. The minimum Gasteiger partial charge on any atom is -0.370 e. The largest absolute Gasteiger partial charge is 0.370 e. The lowest BCUT2D eigenvalue weighted by Crippen LogP contribution is -2.41. The summed E-state index contributed by atoms with van der Waals surface area (Å²) in [6.07, 6.45) is 0.999. The van der Waals surface area contributed by atoms with Crippen molar-refractivity contribution in [2.75, 3.05) is 31.1 Å². The van der Waals surface area contributed by atoms with Crippen molar-refractivity contribution in [3.63, 3.8) is 0 Å². The van der Waals surface area contributed by atoms with Crippen LogP contribution in [0.4, 0.5) is 10.5 Å². The first-order chi connectivity index (χ1) is 11.6. The summed E-state index contributed by atoms with van der Waals surface area (Å²) in [5.74, 6) is 0. The van der Waals surface area contributed by atoms with Gasteiger partial charge in [-0.25, -0.2) is 4.79 Å². The van der Waals surface area contributed by atoms with Crippen LogP contribution in [-0.2, 0) is 6.54 Å². The third kappa shape index (κ3) is 4.09.